The van der Waals surface area contributed by atoms with Crippen molar-refractivity contribution in [3.05, 3.63) is 0 Å². The maximum Gasteiger partial charge on any atom is 0.508 e. The lowest BCUT2D eigenvalue weighted by atomic mass is 10.3. The Morgan fingerprint density at radius 2 is 1.77 bits per heavy atom. The van der Waals surface area contributed by atoms with Gasteiger partial charge in [-0.15, -0.1) is 0 Å². The molecule has 0 unspecified atom stereocenters. The van der Waals surface area contributed by atoms with Gasteiger partial charge in [0.15, 0.2) is 0 Å². The van der Waals surface area contributed by atoms with Gasteiger partial charge in [0.1, 0.15) is 0 Å². The van der Waals surface area contributed by atoms with Gasteiger partial charge in [-0.25, -0.2) is 4.79 Å². The van der Waals surface area contributed by atoms with Gasteiger partial charge in [0.05, 0.1) is 13.2 Å². The molecule has 0 aliphatic heterocycles. The third kappa shape index (κ3) is 3.66. The molecule has 13 heavy (non-hydrogen) atoms. The molecule has 0 N–H and O–H groups in total. The van der Waals surface area contributed by atoms with Gasteiger partial charge in [-0.2, -0.15) is 0 Å². The maximum absolute atomic E-state index is 10.9. The van der Waals surface area contributed by atoms with Crippen LogP contribution < -0.4 is 0 Å². The largest absolute Gasteiger partial charge is 0.508 e. The average Bonchev–Trinajstić information content (AvgIpc) is 2.97. The standard InChI is InChI=1S/C10H16O3/c11-10(13-7-9-3-4-9)12-6-5-8-1-2-8/h8-9H,1-7H2. The van der Waals surface area contributed by atoms with Gasteiger partial charge >= 0.3 is 6.16 Å². The van der Waals surface area contributed by atoms with E-state index in [0.29, 0.717) is 19.1 Å². The van der Waals surface area contributed by atoms with Gasteiger partial charge in [0.2, 0.25) is 0 Å². The minimum Gasteiger partial charge on any atom is -0.434 e. The summed E-state index contributed by atoms with van der Waals surface area (Å²) < 4.78 is 9.82. The lowest BCUT2D eigenvalue weighted by Crippen LogP contribution is -2.10. The van der Waals surface area contributed by atoms with E-state index in [2.05, 4.69) is 0 Å². The van der Waals surface area contributed by atoms with E-state index < -0.39 is 6.16 Å². The van der Waals surface area contributed by atoms with Crippen LogP contribution in [0.4, 0.5) is 4.79 Å². The number of rotatable bonds is 5. The summed E-state index contributed by atoms with van der Waals surface area (Å²) in [6, 6.07) is 0. The van der Waals surface area contributed by atoms with Crippen LogP contribution in [0.3, 0.4) is 0 Å². The minimum atomic E-state index is -0.479. The summed E-state index contributed by atoms with van der Waals surface area (Å²) in [7, 11) is 0. The highest BCUT2D eigenvalue weighted by Gasteiger charge is 2.24. The van der Waals surface area contributed by atoms with Crippen molar-refractivity contribution in [3.8, 4) is 0 Å². The summed E-state index contributed by atoms with van der Waals surface area (Å²) in [5.41, 5.74) is 0. The summed E-state index contributed by atoms with van der Waals surface area (Å²) in [5.74, 6) is 1.44. The lowest BCUT2D eigenvalue weighted by Gasteiger charge is -2.04. The number of hydrogen-bond donors (Lipinski definition) is 0. The van der Waals surface area contributed by atoms with Crippen LogP contribution in [0.25, 0.3) is 0 Å². The Hall–Kier alpha value is -0.730. The fourth-order valence-corrected chi connectivity index (χ4v) is 1.23. The molecule has 0 saturated heterocycles. The topological polar surface area (TPSA) is 35.5 Å². The fourth-order valence-electron chi connectivity index (χ4n) is 1.23. The summed E-state index contributed by atoms with van der Waals surface area (Å²) >= 11 is 0. The highest BCUT2D eigenvalue weighted by atomic mass is 16.7. The SMILES string of the molecule is O=C(OCCC1CC1)OCC1CC1. The summed E-state index contributed by atoms with van der Waals surface area (Å²) in [5, 5.41) is 0. The first-order valence-corrected chi connectivity index (χ1v) is 5.14. The second-order valence-electron chi connectivity index (χ2n) is 4.08. The van der Waals surface area contributed by atoms with Crippen LogP contribution in [-0.2, 0) is 9.47 Å². The molecular formula is C10H16O3. The Bertz CT molecular complexity index is 183. The van der Waals surface area contributed by atoms with Crippen molar-refractivity contribution < 1.29 is 14.3 Å². The van der Waals surface area contributed by atoms with Crippen LogP contribution >= 0.6 is 0 Å². The third-order valence-corrected chi connectivity index (χ3v) is 2.58. The number of ether oxygens (including phenoxy) is 2. The number of carbonyl (C=O) groups is 1. The monoisotopic (exact) mass is 184 g/mol. The molecule has 74 valence electrons. The molecule has 2 saturated carbocycles. The van der Waals surface area contributed by atoms with Crippen molar-refractivity contribution in [2.24, 2.45) is 11.8 Å². The van der Waals surface area contributed by atoms with Crippen LogP contribution in [0.15, 0.2) is 0 Å². The van der Waals surface area contributed by atoms with Gasteiger partial charge in [-0.05, 0) is 31.1 Å². The van der Waals surface area contributed by atoms with E-state index in [-0.39, 0.29) is 0 Å². The quantitative estimate of drug-likeness (QED) is 0.615. The molecule has 0 heterocycles. The molecule has 0 bridgehead atoms. The van der Waals surface area contributed by atoms with Crippen molar-refractivity contribution in [1.29, 1.82) is 0 Å². The van der Waals surface area contributed by atoms with Crippen LogP contribution in [0.1, 0.15) is 32.1 Å². The molecule has 3 heteroatoms. The Balaban J connectivity index is 1.44. The Labute approximate surface area is 78.4 Å². The Kier molecular flexibility index (Phi) is 2.71. The van der Waals surface area contributed by atoms with Gasteiger partial charge < -0.3 is 9.47 Å². The van der Waals surface area contributed by atoms with Crippen LogP contribution in [-0.4, -0.2) is 19.4 Å². The second kappa shape index (κ2) is 3.99. The highest BCUT2D eigenvalue weighted by molar-refractivity contribution is 5.59. The van der Waals surface area contributed by atoms with Gasteiger partial charge in [0, 0.05) is 0 Å². The first-order valence-electron chi connectivity index (χ1n) is 5.14. The van der Waals surface area contributed by atoms with Crippen molar-refractivity contribution in [1.82, 2.24) is 0 Å². The van der Waals surface area contributed by atoms with Crippen molar-refractivity contribution in [2.75, 3.05) is 13.2 Å². The Morgan fingerprint density at radius 3 is 2.38 bits per heavy atom. The number of carbonyl (C=O) groups excluding carboxylic acids is 1. The lowest BCUT2D eigenvalue weighted by molar-refractivity contribution is 0.0505. The molecule has 2 aliphatic carbocycles. The normalized spacial score (nSPS) is 21.2. The molecule has 0 spiro atoms. The fraction of sp³-hybridized carbons (Fsp3) is 0.900. The van der Waals surface area contributed by atoms with E-state index >= 15 is 0 Å². The smallest absolute Gasteiger partial charge is 0.434 e. The molecular weight excluding hydrogens is 168 g/mol. The zero-order valence-corrected chi connectivity index (χ0v) is 7.83. The zero-order valence-electron chi connectivity index (χ0n) is 7.83. The van der Waals surface area contributed by atoms with Gasteiger partial charge in [0.25, 0.3) is 0 Å². The minimum absolute atomic E-state index is 0.479. The van der Waals surface area contributed by atoms with Crippen molar-refractivity contribution in [2.45, 2.75) is 32.1 Å². The number of hydrogen-bond acceptors (Lipinski definition) is 3. The molecule has 0 radical (unpaired) electrons. The van der Waals surface area contributed by atoms with Crippen LogP contribution in [0.2, 0.25) is 0 Å². The Morgan fingerprint density at radius 1 is 1.08 bits per heavy atom. The summed E-state index contributed by atoms with van der Waals surface area (Å²) in [6.45, 7) is 1.09. The molecule has 0 aromatic heterocycles. The van der Waals surface area contributed by atoms with E-state index in [0.717, 1.165) is 12.3 Å². The first kappa shape index (κ1) is 8.85. The van der Waals surface area contributed by atoms with Crippen LogP contribution in [0, 0.1) is 11.8 Å². The molecule has 3 nitrogen and oxygen atoms in total. The maximum atomic E-state index is 10.9. The van der Waals surface area contributed by atoms with Gasteiger partial charge in [-0.3, -0.25) is 0 Å². The molecule has 2 rings (SSSR count). The molecule has 2 fully saturated rings. The molecule has 0 amide bonds. The molecule has 0 aromatic rings. The third-order valence-electron chi connectivity index (χ3n) is 2.58. The van der Waals surface area contributed by atoms with Crippen molar-refractivity contribution in [3.63, 3.8) is 0 Å². The highest BCUT2D eigenvalue weighted by Crippen LogP contribution is 2.32. The molecule has 2 aliphatic rings. The summed E-state index contributed by atoms with van der Waals surface area (Å²) in [6.07, 6.45) is 5.55. The first-order chi connectivity index (χ1) is 6.34. The van der Waals surface area contributed by atoms with Crippen LogP contribution in [0.5, 0.6) is 0 Å². The van der Waals surface area contributed by atoms with Crippen molar-refractivity contribution >= 4 is 6.16 Å². The predicted octanol–water partition coefficient (Wildman–Crippen LogP) is 2.35. The average molecular weight is 184 g/mol. The van der Waals surface area contributed by atoms with Gasteiger partial charge in [-0.1, -0.05) is 12.8 Å². The van der Waals surface area contributed by atoms with E-state index in [1.54, 1.807) is 0 Å². The molecule has 0 atom stereocenters. The van der Waals surface area contributed by atoms with E-state index in [1.165, 1.54) is 25.7 Å². The second-order valence-corrected chi connectivity index (χ2v) is 4.08. The predicted molar refractivity (Wildman–Crippen MR) is 47.4 cm³/mol. The van der Waals surface area contributed by atoms with E-state index in [1.807, 2.05) is 0 Å². The zero-order chi connectivity index (χ0) is 9.10. The van der Waals surface area contributed by atoms with E-state index in [4.69, 9.17) is 9.47 Å². The summed E-state index contributed by atoms with van der Waals surface area (Å²) in [4.78, 5) is 10.9. The molecule has 0 aromatic carbocycles. The van der Waals surface area contributed by atoms with E-state index in [9.17, 15) is 4.79 Å².